The van der Waals surface area contributed by atoms with E-state index in [-0.39, 0.29) is 0 Å². The lowest BCUT2D eigenvalue weighted by atomic mass is 10.2. The molecule has 0 aliphatic heterocycles. The minimum atomic E-state index is 0.469. The van der Waals surface area contributed by atoms with Gasteiger partial charge in [-0.25, -0.2) is 0 Å². The summed E-state index contributed by atoms with van der Waals surface area (Å²) < 4.78 is 0. The van der Waals surface area contributed by atoms with Gasteiger partial charge in [0.2, 0.25) is 0 Å². The van der Waals surface area contributed by atoms with E-state index in [0.29, 0.717) is 6.04 Å². The molecular weight excluding hydrogens is 166 g/mol. The maximum atomic E-state index is 3.68. The molecule has 1 heterocycles. The van der Waals surface area contributed by atoms with Gasteiger partial charge in [0, 0.05) is 6.04 Å². The van der Waals surface area contributed by atoms with Crippen LogP contribution < -0.4 is 5.32 Å². The summed E-state index contributed by atoms with van der Waals surface area (Å²) in [6.45, 7) is 6.88. The molecule has 12 heavy (non-hydrogen) atoms. The molecule has 66 valence electrons. The van der Waals surface area contributed by atoms with E-state index >= 15 is 0 Å². The number of thiophene rings is 1. The molecule has 0 aromatic carbocycles. The fraction of sp³-hybridized carbons (Fsp3) is 0.400. The van der Waals surface area contributed by atoms with Gasteiger partial charge in [-0.3, -0.25) is 0 Å². The maximum Gasteiger partial charge on any atom is 0.0300 e. The van der Waals surface area contributed by atoms with E-state index in [1.54, 1.807) is 11.3 Å². The minimum absolute atomic E-state index is 0.469. The van der Waals surface area contributed by atoms with Crippen molar-refractivity contribution in [3.63, 3.8) is 0 Å². The monoisotopic (exact) mass is 181 g/mol. The van der Waals surface area contributed by atoms with E-state index < -0.39 is 0 Å². The summed E-state index contributed by atoms with van der Waals surface area (Å²) in [6, 6.07) is 2.63. The van der Waals surface area contributed by atoms with Gasteiger partial charge in [-0.1, -0.05) is 6.08 Å². The molecule has 1 rings (SSSR count). The van der Waals surface area contributed by atoms with Crippen LogP contribution in [0.2, 0.25) is 0 Å². The Morgan fingerprint density at radius 2 is 2.58 bits per heavy atom. The Morgan fingerprint density at radius 1 is 1.75 bits per heavy atom. The van der Waals surface area contributed by atoms with Crippen molar-refractivity contribution in [3.8, 4) is 0 Å². The molecule has 0 aliphatic rings. The third kappa shape index (κ3) is 2.80. The van der Waals surface area contributed by atoms with Crippen molar-refractivity contribution in [1.82, 2.24) is 5.32 Å². The average molecular weight is 181 g/mol. The molecule has 2 heteroatoms. The molecule has 0 bridgehead atoms. The molecule has 0 aliphatic carbocycles. The van der Waals surface area contributed by atoms with Crippen LogP contribution in [0.15, 0.2) is 29.5 Å². The molecular formula is C10H15NS. The van der Waals surface area contributed by atoms with Gasteiger partial charge in [0.1, 0.15) is 0 Å². The second-order valence-electron chi connectivity index (χ2n) is 2.81. The van der Waals surface area contributed by atoms with Gasteiger partial charge in [0.05, 0.1) is 0 Å². The first-order valence-electron chi connectivity index (χ1n) is 4.21. The van der Waals surface area contributed by atoms with Crippen molar-refractivity contribution in [2.45, 2.75) is 19.4 Å². The quantitative estimate of drug-likeness (QED) is 0.544. The third-order valence-electron chi connectivity index (χ3n) is 1.84. The number of hydrogen-bond donors (Lipinski definition) is 1. The first kappa shape index (κ1) is 9.49. The Balaban J connectivity index is 2.29. The van der Waals surface area contributed by atoms with Crippen molar-refractivity contribution in [2.24, 2.45) is 0 Å². The van der Waals surface area contributed by atoms with E-state index in [2.05, 4.69) is 35.6 Å². The zero-order valence-electron chi connectivity index (χ0n) is 7.42. The highest BCUT2D eigenvalue weighted by atomic mass is 32.1. The van der Waals surface area contributed by atoms with Crippen molar-refractivity contribution in [2.75, 3.05) is 6.54 Å². The van der Waals surface area contributed by atoms with E-state index in [1.165, 1.54) is 5.56 Å². The lowest BCUT2D eigenvalue weighted by molar-refractivity contribution is 0.583. The molecule has 0 fully saturated rings. The highest BCUT2D eigenvalue weighted by Gasteiger charge is 2.02. The maximum absolute atomic E-state index is 3.68. The highest BCUT2D eigenvalue weighted by Crippen LogP contribution is 2.14. The normalized spacial score (nSPS) is 12.8. The Kier molecular flexibility index (Phi) is 4.05. The number of rotatable bonds is 5. The predicted octanol–water partition coefficient (Wildman–Crippen LogP) is 2.97. The summed E-state index contributed by atoms with van der Waals surface area (Å²) in [5.74, 6) is 0. The van der Waals surface area contributed by atoms with Crippen LogP contribution in [0.25, 0.3) is 0 Å². The smallest absolute Gasteiger partial charge is 0.0300 e. The van der Waals surface area contributed by atoms with Gasteiger partial charge >= 0.3 is 0 Å². The summed E-state index contributed by atoms with van der Waals surface area (Å²) in [5.41, 5.74) is 1.38. The molecule has 1 unspecified atom stereocenters. The summed E-state index contributed by atoms with van der Waals surface area (Å²) >= 11 is 1.75. The van der Waals surface area contributed by atoms with Gasteiger partial charge in [-0.05, 0) is 42.3 Å². The standard InChI is InChI=1S/C10H15NS/c1-3-4-6-11-9(2)10-5-7-12-8-10/h3,5,7-9,11H,1,4,6H2,2H3. The van der Waals surface area contributed by atoms with Crippen molar-refractivity contribution in [3.05, 3.63) is 35.0 Å². The van der Waals surface area contributed by atoms with Crippen LogP contribution in [0.4, 0.5) is 0 Å². The summed E-state index contributed by atoms with van der Waals surface area (Å²) in [6.07, 6.45) is 2.97. The van der Waals surface area contributed by atoms with Gasteiger partial charge in [-0.2, -0.15) is 11.3 Å². The predicted molar refractivity (Wildman–Crippen MR) is 55.6 cm³/mol. The van der Waals surface area contributed by atoms with Gasteiger partial charge in [0.15, 0.2) is 0 Å². The summed E-state index contributed by atoms with van der Waals surface area (Å²) in [4.78, 5) is 0. The van der Waals surface area contributed by atoms with E-state index in [9.17, 15) is 0 Å². The second kappa shape index (κ2) is 5.12. The van der Waals surface area contributed by atoms with Crippen LogP contribution in [0.5, 0.6) is 0 Å². The Hall–Kier alpha value is -0.600. The van der Waals surface area contributed by atoms with E-state index in [4.69, 9.17) is 0 Å². The first-order valence-corrected chi connectivity index (χ1v) is 5.15. The Bertz CT molecular complexity index is 216. The average Bonchev–Trinajstić information content (AvgIpc) is 2.56. The molecule has 0 spiro atoms. The van der Waals surface area contributed by atoms with Crippen LogP contribution >= 0.6 is 11.3 Å². The lowest BCUT2D eigenvalue weighted by Crippen LogP contribution is -2.18. The zero-order chi connectivity index (χ0) is 8.81. The molecule has 1 N–H and O–H groups in total. The van der Waals surface area contributed by atoms with Crippen LogP contribution in [0, 0.1) is 0 Å². The molecule has 0 radical (unpaired) electrons. The van der Waals surface area contributed by atoms with Crippen molar-refractivity contribution < 1.29 is 0 Å². The molecule has 0 saturated heterocycles. The molecule has 0 amide bonds. The molecule has 1 aromatic heterocycles. The fourth-order valence-corrected chi connectivity index (χ4v) is 1.80. The van der Waals surface area contributed by atoms with Crippen molar-refractivity contribution >= 4 is 11.3 Å². The summed E-state index contributed by atoms with van der Waals surface area (Å²) in [7, 11) is 0. The Labute approximate surface area is 78.1 Å². The topological polar surface area (TPSA) is 12.0 Å². The largest absolute Gasteiger partial charge is 0.310 e. The van der Waals surface area contributed by atoms with Gasteiger partial charge < -0.3 is 5.32 Å². The Morgan fingerprint density at radius 3 is 3.17 bits per heavy atom. The number of nitrogens with one attached hydrogen (secondary N) is 1. The van der Waals surface area contributed by atoms with Gasteiger partial charge in [-0.15, -0.1) is 6.58 Å². The van der Waals surface area contributed by atoms with Crippen molar-refractivity contribution in [1.29, 1.82) is 0 Å². The highest BCUT2D eigenvalue weighted by molar-refractivity contribution is 7.07. The fourth-order valence-electron chi connectivity index (χ4n) is 1.04. The van der Waals surface area contributed by atoms with E-state index in [1.807, 2.05) is 6.08 Å². The molecule has 1 aromatic rings. The van der Waals surface area contributed by atoms with Crippen LogP contribution in [-0.2, 0) is 0 Å². The van der Waals surface area contributed by atoms with Crippen LogP contribution in [-0.4, -0.2) is 6.54 Å². The SMILES string of the molecule is C=CCCNC(C)c1ccsc1. The van der Waals surface area contributed by atoms with Crippen LogP contribution in [0.3, 0.4) is 0 Å². The third-order valence-corrected chi connectivity index (χ3v) is 2.54. The first-order chi connectivity index (χ1) is 5.84. The molecule has 0 saturated carbocycles. The van der Waals surface area contributed by atoms with Crippen LogP contribution in [0.1, 0.15) is 24.9 Å². The minimum Gasteiger partial charge on any atom is -0.310 e. The van der Waals surface area contributed by atoms with E-state index in [0.717, 1.165) is 13.0 Å². The lowest BCUT2D eigenvalue weighted by Gasteiger charge is -2.10. The molecule has 1 atom stereocenters. The van der Waals surface area contributed by atoms with Gasteiger partial charge in [0.25, 0.3) is 0 Å². The summed E-state index contributed by atoms with van der Waals surface area (Å²) in [5, 5.41) is 7.72. The second-order valence-corrected chi connectivity index (χ2v) is 3.59. The number of hydrogen-bond acceptors (Lipinski definition) is 2. The molecule has 1 nitrogen and oxygen atoms in total. The zero-order valence-corrected chi connectivity index (χ0v) is 8.23.